The molecule has 1 aromatic carbocycles. The number of hydrogen-bond acceptors (Lipinski definition) is 6. The summed E-state index contributed by atoms with van der Waals surface area (Å²) in [5.74, 6) is 1.10. The van der Waals surface area contributed by atoms with E-state index in [2.05, 4.69) is 5.32 Å². The molecule has 0 unspecified atom stereocenters. The average molecular weight is 366 g/mol. The van der Waals surface area contributed by atoms with Crippen LogP contribution in [0.2, 0.25) is 0 Å². The zero-order chi connectivity index (χ0) is 16.6. The number of rotatable bonds is 3. The fraction of sp³-hybridized carbons (Fsp3) is 0. The lowest BCUT2D eigenvalue weighted by Crippen LogP contribution is -2.15. The molecule has 3 N–H and O–H groups in total. The third kappa shape index (κ3) is 3.53. The lowest BCUT2D eigenvalue weighted by atomic mass is 10.2. The first kappa shape index (κ1) is 15.9. The predicted octanol–water partition coefficient (Wildman–Crippen LogP) is 2.72. The van der Waals surface area contributed by atoms with E-state index in [1.54, 1.807) is 30.3 Å². The number of carbonyl (C=O) groups excluding carboxylic acids is 1. The van der Waals surface area contributed by atoms with Crippen LogP contribution in [0.15, 0.2) is 50.6 Å². The van der Waals surface area contributed by atoms with Gasteiger partial charge in [0.05, 0.1) is 9.80 Å². The maximum atomic E-state index is 11.2. The molecular weight excluding hydrogens is 356 g/mol. The van der Waals surface area contributed by atoms with Crippen LogP contribution in [0.25, 0.3) is 17.4 Å². The van der Waals surface area contributed by atoms with Crippen molar-refractivity contribution in [2.24, 2.45) is 5.14 Å². The Balaban J connectivity index is 1.86. The minimum atomic E-state index is -3.72. The van der Waals surface area contributed by atoms with Crippen LogP contribution in [0.5, 0.6) is 0 Å². The fourth-order valence-electron chi connectivity index (χ4n) is 1.94. The molecular formula is C14H10N2O4S3. The molecule has 3 rings (SSSR count). The normalized spacial score (nSPS) is 16.8. The van der Waals surface area contributed by atoms with Gasteiger partial charge in [-0.25, -0.2) is 13.6 Å². The van der Waals surface area contributed by atoms with Crippen molar-refractivity contribution in [3.63, 3.8) is 0 Å². The number of hydrogen-bond donors (Lipinski definition) is 2. The Bertz CT molecular complexity index is 927. The summed E-state index contributed by atoms with van der Waals surface area (Å²) in [7, 11) is -3.72. The van der Waals surface area contributed by atoms with E-state index in [4.69, 9.17) is 21.8 Å². The smallest absolute Gasteiger partial charge is 0.289 e. The van der Waals surface area contributed by atoms with Crippen molar-refractivity contribution >= 4 is 50.3 Å². The number of amides is 1. The van der Waals surface area contributed by atoms with Crippen molar-refractivity contribution < 1.29 is 17.6 Å². The Labute approximate surface area is 141 Å². The summed E-state index contributed by atoms with van der Waals surface area (Å²) in [6, 6.07) is 9.52. The van der Waals surface area contributed by atoms with Crippen molar-refractivity contribution in [1.82, 2.24) is 5.32 Å². The zero-order valence-electron chi connectivity index (χ0n) is 11.5. The summed E-state index contributed by atoms with van der Waals surface area (Å²) in [5, 5.41) is 7.36. The second kappa shape index (κ2) is 5.93. The highest BCUT2D eigenvalue weighted by atomic mass is 32.2. The summed E-state index contributed by atoms with van der Waals surface area (Å²) >= 11 is 6.04. The summed E-state index contributed by atoms with van der Waals surface area (Å²) in [6.07, 6.45) is 1.67. The quantitative estimate of drug-likeness (QED) is 0.640. The van der Waals surface area contributed by atoms with Gasteiger partial charge in [-0.1, -0.05) is 12.2 Å². The summed E-state index contributed by atoms with van der Waals surface area (Å²) < 4.78 is 28.1. The van der Waals surface area contributed by atoms with Gasteiger partial charge >= 0.3 is 0 Å². The first-order chi connectivity index (χ1) is 10.8. The largest absolute Gasteiger partial charge is 0.457 e. The lowest BCUT2D eigenvalue weighted by Gasteiger charge is -2.00. The summed E-state index contributed by atoms with van der Waals surface area (Å²) in [6.45, 7) is 0. The Morgan fingerprint density at radius 1 is 1.17 bits per heavy atom. The minimum Gasteiger partial charge on any atom is -0.457 e. The highest BCUT2D eigenvalue weighted by molar-refractivity contribution is 8.19. The molecule has 118 valence electrons. The number of thioether (sulfide) groups is 1. The van der Waals surface area contributed by atoms with Gasteiger partial charge < -0.3 is 9.73 Å². The molecule has 1 fully saturated rings. The van der Waals surface area contributed by atoms with E-state index in [9.17, 15) is 13.2 Å². The average Bonchev–Trinajstić information content (AvgIpc) is 3.06. The second-order valence-corrected chi connectivity index (χ2v) is 7.61. The maximum Gasteiger partial charge on any atom is 0.289 e. The van der Waals surface area contributed by atoms with Crippen molar-refractivity contribution in [1.29, 1.82) is 0 Å². The third-order valence-electron chi connectivity index (χ3n) is 3.01. The van der Waals surface area contributed by atoms with Crippen LogP contribution >= 0.6 is 24.0 Å². The van der Waals surface area contributed by atoms with Crippen LogP contribution in [-0.4, -0.2) is 18.6 Å². The molecule has 0 atom stereocenters. The number of primary sulfonamides is 1. The number of nitrogens with one attached hydrogen (secondary N) is 1. The van der Waals surface area contributed by atoms with Gasteiger partial charge in [-0.2, -0.15) is 0 Å². The molecule has 1 saturated heterocycles. The number of furan rings is 1. The molecule has 0 saturated carbocycles. The van der Waals surface area contributed by atoms with Crippen molar-refractivity contribution in [3.8, 4) is 11.3 Å². The lowest BCUT2D eigenvalue weighted by molar-refractivity contribution is 0.265. The summed E-state index contributed by atoms with van der Waals surface area (Å²) in [4.78, 5) is 12.3. The molecule has 1 amide bonds. The van der Waals surface area contributed by atoms with Crippen LogP contribution in [0.1, 0.15) is 5.76 Å². The number of sulfonamides is 1. The topological polar surface area (TPSA) is 102 Å². The second-order valence-electron chi connectivity index (χ2n) is 4.62. The molecule has 6 nitrogen and oxygen atoms in total. The molecule has 1 aromatic heterocycles. The van der Waals surface area contributed by atoms with E-state index in [-0.39, 0.29) is 10.1 Å². The van der Waals surface area contributed by atoms with Gasteiger partial charge in [0, 0.05) is 5.56 Å². The third-order valence-corrected chi connectivity index (χ3v) is 5.22. The Kier molecular flexibility index (Phi) is 4.11. The van der Waals surface area contributed by atoms with E-state index in [0.29, 0.717) is 27.0 Å². The highest BCUT2D eigenvalue weighted by Gasteiger charge is 2.22. The van der Waals surface area contributed by atoms with Gasteiger partial charge in [0.2, 0.25) is 10.0 Å². The Morgan fingerprint density at radius 3 is 2.43 bits per heavy atom. The molecule has 0 bridgehead atoms. The summed E-state index contributed by atoms with van der Waals surface area (Å²) in [5.41, 5.74) is 0.706. The van der Waals surface area contributed by atoms with Gasteiger partial charge in [0.1, 0.15) is 16.5 Å². The molecule has 1 aliphatic rings. The van der Waals surface area contributed by atoms with E-state index < -0.39 is 10.0 Å². The van der Waals surface area contributed by atoms with E-state index in [1.807, 2.05) is 0 Å². The molecule has 0 spiro atoms. The first-order valence-corrected chi connectivity index (χ1v) is 9.08. The van der Waals surface area contributed by atoms with Gasteiger partial charge in [-0.05, 0) is 54.2 Å². The van der Waals surface area contributed by atoms with Crippen LogP contribution in [-0.2, 0) is 10.0 Å². The van der Waals surface area contributed by atoms with Gasteiger partial charge in [0.25, 0.3) is 5.24 Å². The van der Waals surface area contributed by atoms with Crippen LogP contribution < -0.4 is 10.5 Å². The van der Waals surface area contributed by atoms with E-state index >= 15 is 0 Å². The number of carbonyl (C=O) groups is 1. The fourth-order valence-corrected chi connectivity index (χ4v) is 3.47. The van der Waals surface area contributed by atoms with Crippen molar-refractivity contribution in [2.75, 3.05) is 0 Å². The van der Waals surface area contributed by atoms with Crippen LogP contribution in [0.3, 0.4) is 0 Å². The predicted molar refractivity (Wildman–Crippen MR) is 92.2 cm³/mol. The van der Waals surface area contributed by atoms with Gasteiger partial charge in [-0.15, -0.1) is 0 Å². The Hall–Kier alpha value is -1.94. The number of nitrogens with two attached hydrogens (primary N) is 1. The molecule has 0 aliphatic carbocycles. The molecule has 23 heavy (non-hydrogen) atoms. The first-order valence-electron chi connectivity index (χ1n) is 6.31. The van der Waals surface area contributed by atoms with Crippen molar-refractivity contribution in [3.05, 3.63) is 47.1 Å². The standard InChI is InChI=1S/C14H10N2O4S3/c15-23(18,19)10-4-1-8(2-5-10)11-6-3-9(20-11)7-12-13(21)16-14(17)22-12/h1-7H,(H2,15,18,19)(H,16,17,21)/b12-7-. The zero-order valence-corrected chi connectivity index (χ0v) is 13.9. The van der Waals surface area contributed by atoms with Crippen LogP contribution in [0, 0.1) is 0 Å². The van der Waals surface area contributed by atoms with Crippen molar-refractivity contribution in [2.45, 2.75) is 4.90 Å². The minimum absolute atomic E-state index is 0.0347. The molecule has 9 heteroatoms. The maximum absolute atomic E-state index is 11.2. The van der Waals surface area contributed by atoms with E-state index in [0.717, 1.165) is 11.8 Å². The number of benzene rings is 1. The molecule has 2 aromatic rings. The number of thiocarbonyl (C=S) groups is 1. The monoisotopic (exact) mass is 366 g/mol. The molecule has 0 radical (unpaired) electrons. The Morgan fingerprint density at radius 2 is 1.87 bits per heavy atom. The van der Waals surface area contributed by atoms with E-state index in [1.165, 1.54) is 12.1 Å². The molecule has 2 heterocycles. The highest BCUT2D eigenvalue weighted by Crippen LogP contribution is 2.29. The van der Waals surface area contributed by atoms with Gasteiger partial charge in [-0.3, -0.25) is 4.79 Å². The SMILES string of the molecule is NS(=O)(=O)c1ccc(-c2ccc(/C=C3\SC(=O)NC3=S)o2)cc1. The van der Waals surface area contributed by atoms with Crippen LogP contribution in [0.4, 0.5) is 4.79 Å². The van der Waals surface area contributed by atoms with Gasteiger partial charge in [0.15, 0.2) is 0 Å². The molecule has 1 aliphatic heterocycles.